The van der Waals surface area contributed by atoms with Gasteiger partial charge < -0.3 is 15.2 Å². The van der Waals surface area contributed by atoms with E-state index < -0.39 is 31.1 Å². The number of H-pyrrole nitrogens is 1. The first-order chi connectivity index (χ1) is 14.3. The van der Waals surface area contributed by atoms with E-state index in [0.717, 1.165) is 11.8 Å². The highest BCUT2D eigenvalue weighted by Crippen LogP contribution is 2.30. The van der Waals surface area contributed by atoms with Crippen molar-refractivity contribution >= 4 is 34.4 Å². The number of fused-ring (bicyclic) bond motifs is 1. The molecule has 1 fully saturated rings. The third-order valence-electron chi connectivity index (χ3n) is 4.94. The Morgan fingerprint density at radius 3 is 3.00 bits per heavy atom. The Kier molecular flexibility index (Phi) is 5.50. The highest BCUT2D eigenvalue weighted by atomic mass is 35.5. The van der Waals surface area contributed by atoms with E-state index in [9.17, 15) is 18.0 Å². The van der Waals surface area contributed by atoms with Crippen LogP contribution >= 0.6 is 11.6 Å². The van der Waals surface area contributed by atoms with Crippen molar-refractivity contribution in [3.8, 4) is 11.4 Å². The second-order valence-corrected chi connectivity index (χ2v) is 7.43. The van der Waals surface area contributed by atoms with Crippen molar-refractivity contribution in [2.45, 2.75) is 31.5 Å². The van der Waals surface area contributed by atoms with Crippen LogP contribution in [0.2, 0.25) is 5.02 Å². The van der Waals surface area contributed by atoms with Crippen molar-refractivity contribution in [1.29, 1.82) is 0 Å². The molecule has 1 amide bonds. The van der Waals surface area contributed by atoms with E-state index in [1.54, 1.807) is 29.4 Å². The van der Waals surface area contributed by atoms with E-state index in [1.807, 2.05) is 0 Å². The molecule has 2 N–H and O–H groups in total. The van der Waals surface area contributed by atoms with Crippen LogP contribution in [0.4, 0.5) is 19.0 Å². The molecule has 1 aliphatic heterocycles. The molecule has 7 nitrogen and oxygen atoms in total. The van der Waals surface area contributed by atoms with Gasteiger partial charge in [-0.3, -0.25) is 4.79 Å². The van der Waals surface area contributed by atoms with Crippen LogP contribution < -0.4 is 10.2 Å². The number of nitrogens with one attached hydrogen (secondary N) is 2. The Morgan fingerprint density at radius 1 is 1.37 bits per heavy atom. The lowest BCUT2D eigenvalue weighted by atomic mass is 10.2. The smallest absolute Gasteiger partial charge is 0.354 e. The molecule has 0 radical (unpaired) electrons. The van der Waals surface area contributed by atoms with Gasteiger partial charge in [-0.25, -0.2) is 15.0 Å². The molecule has 11 heteroatoms. The van der Waals surface area contributed by atoms with Gasteiger partial charge in [0.2, 0.25) is 5.91 Å². The first-order valence-corrected chi connectivity index (χ1v) is 9.77. The van der Waals surface area contributed by atoms with Gasteiger partial charge >= 0.3 is 6.18 Å². The van der Waals surface area contributed by atoms with E-state index in [2.05, 4.69) is 25.3 Å². The molecule has 1 atom stereocenters. The second kappa shape index (κ2) is 8.10. The molecule has 3 aromatic rings. The largest absolute Gasteiger partial charge is 0.390 e. The van der Waals surface area contributed by atoms with Gasteiger partial charge in [-0.15, -0.1) is 0 Å². The zero-order valence-corrected chi connectivity index (χ0v) is 16.5. The summed E-state index contributed by atoms with van der Waals surface area (Å²) in [6, 6.07) is 2.88. The highest BCUT2D eigenvalue weighted by molar-refractivity contribution is 6.31. The number of hydrogen-bond donors (Lipinski definition) is 2. The van der Waals surface area contributed by atoms with Crippen LogP contribution in [0.25, 0.3) is 22.4 Å². The number of carbonyl (C=O) groups excluding carboxylic acids is 1. The average Bonchev–Trinajstić information content (AvgIpc) is 3.34. The van der Waals surface area contributed by atoms with Gasteiger partial charge in [0.25, 0.3) is 0 Å². The topological polar surface area (TPSA) is 86.8 Å². The predicted octanol–water partition coefficient (Wildman–Crippen LogP) is 3.71. The number of halogens is 4. The maximum Gasteiger partial charge on any atom is 0.390 e. The second-order valence-electron chi connectivity index (χ2n) is 7.00. The molecular formula is C19H18ClF3N6O. The number of aromatic nitrogens is 4. The number of carbonyl (C=O) groups is 1. The lowest BCUT2D eigenvalue weighted by Gasteiger charge is -2.25. The molecule has 1 aliphatic rings. The monoisotopic (exact) mass is 438 g/mol. The van der Waals surface area contributed by atoms with Crippen LogP contribution in [0.3, 0.4) is 0 Å². The summed E-state index contributed by atoms with van der Waals surface area (Å²) in [5.41, 5.74) is 1.36. The first-order valence-electron chi connectivity index (χ1n) is 9.39. The summed E-state index contributed by atoms with van der Waals surface area (Å²) in [7, 11) is 0. The van der Waals surface area contributed by atoms with Crippen molar-refractivity contribution in [2.75, 3.05) is 18.0 Å². The van der Waals surface area contributed by atoms with Gasteiger partial charge in [-0.05, 0) is 25.0 Å². The number of pyridine rings is 1. The Labute approximate surface area is 174 Å². The minimum atomic E-state index is -4.30. The van der Waals surface area contributed by atoms with E-state index in [0.29, 0.717) is 40.8 Å². The number of alkyl halides is 3. The zero-order valence-electron chi connectivity index (χ0n) is 15.7. The van der Waals surface area contributed by atoms with Crippen LogP contribution in [0, 0.1) is 0 Å². The molecule has 0 unspecified atom stereocenters. The molecule has 0 aliphatic carbocycles. The third-order valence-corrected chi connectivity index (χ3v) is 5.14. The summed E-state index contributed by atoms with van der Waals surface area (Å²) in [4.78, 5) is 30.4. The lowest BCUT2D eigenvalue weighted by Crippen LogP contribution is -2.44. The summed E-state index contributed by atoms with van der Waals surface area (Å²) < 4.78 is 37.0. The van der Waals surface area contributed by atoms with Crippen molar-refractivity contribution in [1.82, 2.24) is 25.3 Å². The normalized spacial score (nSPS) is 16.9. The quantitative estimate of drug-likeness (QED) is 0.634. The van der Waals surface area contributed by atoms with Crippen molar-refractivity contribution in [3.63, 3.8) is 0 Å². The van der Waals surface area contributed by atoms with Gasteiger partial charge in [0.05, 0.1) is 11.4 Å². The fraction of sp³-hybridized carbons (Fsp3) is 0.368. The molecular weight excluding hydrogens is 421 g/mol. The molecule has 4 heterocycles. The van der Waals surface area contributed by atoms with Crippen LogP contribution in [0.15, 0.2) is 30.7 Å². The van der Waals surface area contributed by atoms with Gasteiger partial charge in [0.1, 0.15) is 17.5 Å². The van der Waals surface area contributed by atoms with Gasteiger partial charge in [-0.1, -0.05) is 11.6 Å². The average molecular weight is 439 g/mol. The minimum Gasteiger partial charge on any atom is -0.354 e. The summed E-state index contributed by atoms with van der Waals surface area (Å²) in [6.07, 6.45) is 0.784. The van der Waals surface area contributed by atoms with Crippen LogP contribution in [0.5, 0.6) is 0 Å². The van der Waals surface area contributed by atoms with Crippen molar-refractivity contribution in [3.05, 3.63) is 35.7 Å². The molecule has 3 aromatic heterocycles. The fourth-order valence-electron chi connectivity index (χ4n) is 3.56. The van der Waals surface area contributed by atoms with E-state index >= 15 is 0 Å². The van der Waals surface area contributed by atoms with Crippen LogP contribution in [-0.4, -0.2) is 51.2 Å². The Hall–Kier alpha value is -2.88. The van der Waals surface area contributed by atoms with Crippen molar-refractivity contribution in [2.24, 2.45) is 0 Å². The Bertz CT molecular complexity index is 1070. The molecule has 158 valence electrons. The summed E-state index contributed by atoms with van der Waals surface area (Å²) >= 11 is 6.05. The predicted molar refractivity (Wildman–Crippen MR) is 106 cm³/mol. The number of anilines is 1. The molecule has 30 heavy (non-hydrogen) atoms. The molecule has 0 aromatic carbocycles. The number of rotatable bonds is 5. The first kappa shape index (κ1) is 20.4. The van der Waals surface area contributed by atoms with E-state index in [4.69, 9.17) is 11.6 Å². The van der Waals surface area contributed by atoms with Crippen LogP contribution in [0.1, 0.15) is 19.3 Å². The number of nitrogens with zero attached hydrogens (tertiary/aromatic N) is 4. The fourth-order valence-corrected chi connectivity index (χ4v) is 3.72. The number of aromatic amines is 1. The van der Waals surface area contributed by atoms with Gasteiger partial charge in [0, 0.05) is 42.6 Å². The highest BCUT2D eigenvalue weighted by Gasteiger charge is 2.33. The summed E-state index contributed by atoms with van der Waals surface area (Å²) in [5.74, 6) is 0.545. The van der Waals surface area contributed by atoms with Gasteiger partial charge in [-0.2, -0.15) is 13.2 Å². The van der Waals surface area contributed by atoms with E-state index in [1.165, 1.54) is 6.20 Å². The molecule has 0 spiro atoms. The maximum absolute atomic E-state index is 12.4. The number of amides is 1. The van der Waals surface area contributed by atoms with Crippen molar-refractivity contribution < 1.29 is 18.0 Å². The molecule has 0 saturated carbocycles. The maximum atomic E-state index is 12.4. The van der Waals surface area contributed by atoms with Crippen LogP contribution in [-0.2, 0) is 4.79 Å². The molecule has 1 saturated heterocycles. The molecule has 0 bridgehead atoms. The Morgan fingerprint density at radius 2 is 2.20 bits per heavy atom. The third kappa shape index (κ3) is 4.33. The van der Waals surface area contributed by atoms with Gasteiger partial charge in [0.15, 0.2) is 5.82 Å². The summed E-state index contributed by atoms with van der Waals surface area (Å²) in [5, 5.41) is 3.63. The SMILES string of the molecule is O=C(NCCC(F)(F)F)[C@H]1CCCN1c1ccnc(-c2c[nH]c3ncc(Cl)cc23)n1. The molecule has 4 rings (SSSR count). The standard InChI is InChI=1S/C19H18ClF3N6O/c20-11-8-12-13(10-27-16(12)26-9-11)17-24-5-3-15(28-17)29-7-1-2-14(29)18(30)25-6-4-19(21,22)23/h3,5,8-10,14H,1-2,4,6-7H2,(H,25,30)(H,26,27)/t14-/m1/s1. The lowest BCUT2D eigenvalue weighted by molar-refractivity contribution is -0.135. The van der Waals surface area contributed by atoms with E-state index in [-0.39, 0.29) is 0 Å². The minimum absolute atomic E-state index is 0.431. The number of hydrogen-bond acceptors (Lipinski definition) is 5. The Balaban J connectivity index is 1.55. The zero-order chi connectivity index (χ0) is 21.3. The summed E-state index contributed by atoms with van der Waals surface area (Å²) in [6.45, 7) is 0.139.